The molecule has 1 atom stereocenters. The Morgan fingerprint density at radius 1 is 0.611 bits per heavy atom. The SMILES string of the molecule is CN(Cc1ccccc1)C[C@@H](C(=O)OCc1ccccc1)N(Cc1ccccc1)Cc1ccccc1. The molecule has 0 fully saturated rings. The highest BCUT2D eigenvalue weighted by Crippen LogP contribution is 2.17. The van der Waals surface area contributed by atoms with Gasteiger partial charge in [0.05, 0.1) is 0 Å². The molecule has 0 aliphatic carbocycles. The topological polar surface area (TPSA) is 32.8 Å². The van der Waals surface area contributed by atoms with Crippen molar-refractivity contribution in [1.29, 1.82) is 0 Å². The predicted molar refractivity (Wildman–Crippen MR) is 145 cm³/mol. The van der Waals surface area contributed by atoms with Gasteiger partial charge in [-0.1, -0.05) is 121 Å². The lowest BCUT2D eigenvalue weighted by Gasteiger charge is -2.33. The molecule has 0 radical (unpaired) electrons. The number of nitrogens with zero attached hydrogens (tertiary/aromatic N) is 2. The van der Waals surface area contributed by atoms with Gasteiger partial charge in [0, 0.05) is 26.2 Å². The number of esters is 1. The number of carbonyl (C=O) groups excluding carboxylic acids is 1. The second-order valence-electron chi connectivity index (χ2n) is 9.17. The smallest absolute Gasteiger partial charge is 0.325 e. The lowest BCUT2D eigenvalue weighted by atomic mass is 10.1. The molecule has 4 heteroatoms. The van der Waals surface area contributed by atoms with Crippen LogP contribution in [0.4, 0.5) is 0 Å². The number of rotatable bonds is 12. The van der Waals surface area contributed by atoms with Crippen molar-refractivity contribution < 1.29 is 9.53 Å². The summed E-state index contributed by atoms with van der Waals surface area (Å²) < 4.78 is 5.89. The molecule has 36 heavy (non-hydrogen) atoms. The van der Waals surface area contributed by atoms with E-state index in [4.69, 9.17) is 4.74 Å². The van der Waals surface area contributed by atoms with E-state index in [2.05, 4.69) is 53.2 Å². The second kappa shape index (κ2) is 13.4. The predicted octanol–water partition coefficient (Wildman–Crippen LogP) is 5.93. The molecule has 184 valence electrons. The van der Waals surface area contributed by atoms with Gasteiger partial charge in [-0.15, -0.1) is 0 Å². The fourth-order valence-corrected chi connectivity index (χ4v) is 4.33. The highest BCUT2D eigenvalue weighted by molar-refractivity contribution is 5.76. The Hall–Kier alpha value is -3.73. The van der Waals surface area contributed by atoms with Crippen LogP contribution in [0.25, 0.3) is 0 Å². The first-order chi connectivity index (χ1) is 17.7. The summed E-state index contributed by atoms with van der Waals surface area (Å²) >= 11 is 0. The Morgan fingerprint density at radius 3 is 1.44 bits per heavy atom. The molecular formula is C32H34N2O2. The average molecular weight is 479 g/mol. The third-order valence-corrected chi connectivity index (χ3v) is 6.17. The maximum atomic E-state index is 13.6. The third kappa shape index (κ3) is 7.91. The molecule has 0 bridgehead atoms. The van der Waals surface area contributed by atoms with Gasteiger partial charge < -0.3 is 4.74 Å². The van der Waals surface area contributed by atoms with Gasteiger partial charge >= 0.3 is 5.97 Å². The van der Waals surface area contributed by atoms with Crippen LogP contribution < -0.4 is 0 Å². The number of benzene rings is 4. The summed E-state index contributed by atoms with van der Waals surface area (Å²) in [7, 11) is 2.06. The normalized spacial score (nSPS) is 12.0. The van der Waals surface area contributed by atoms with Gasteiger partial charge in [-0.25, -0.2) is 0 Å². The van der Waals surface area contributed by atoms with Gasteiger partial charge in [0.2, 0.25) is 0 Å². The van der Waals surface area contributed by atoms with E-state index in [1.165, 1.54) is 16.7 Å². The van der Waals surface area contributed by atoms with E-state index in [1.54, 1.807) is 0 Å². The first-order valence-electron chi connectivity index (χ1n) is 12.4. The maximum Gasteiger partial charge on any atom is 0.325 e. The van der Waals surface area contributed by atoms with Crippen molar-refractivity contribution in [3.8, 4) is 0 Å². The van der Waals surface area contributed by atoms with E-state index in [0.717, 1.165) is 12.1 Å². The van der Waals surface area contributed by atoms with Crippen LogP contribution in [0.5, 0.6) is 0 Å². The Bertz CT molecular complexity index is 1130. The van der Waals surface area contributed by atoms with Crippen molar-refractivity contribution in [3.05, 3.63) is 144 Å². The van der Waals surface area contributed by atoms with Crippen molar-refractivity contribution in [2.24, 2.45) is 0 Å². The summed E-state index contributed by atoms with van der Waals surface area (Å²) in [6.07, 6.45) is 0. The number of carbonyl (C=O) groups is 1. The molecule has 0 heterocycles. The van der Waals surface area contributed by atoms with Gasteiger partial charge in [-0.3, -0.25) is 14.6 Å². The largest absolute Gasteiger partial charge is 0.460 e. The Labute approximate surface area is 214 Å². The molecule has 4 aromatic rings. The van der Waals surface area contributed by atoms with Crippen LogP contribution in [-0.4, -0.2) is 35.4 Å². The van der Waals surface area contributed by atoms with Crippen molar-refractivity contribution >= 4 is 5.97 Å². The first kappa shape index (κ1) is 25.4. The van der Waals surface area contributed by atoms with E-state index >= 15 is 0 Å². The molecule has 0 N–H and O–H groups in total. The highest BCUT2D eigenvalue weighted by Gasteiger charge is 2.29. The van der Waals surface area contributed by atoms with Gasteiger partial charge in [0.1, 0.15) is 12.6 Å². The van der Waals surface area contributed by atoms with Crippen LogP contribution in [0.3, 0.4) is 0 Å². The monoisotopic (exact) mass is 478 g/mol. The van der Waals surface area contributed by atoms with Crippen molar-refractivity contribution in [1.82, 2.24) is 9.80 Å². The second-order valence-corrected chi connectivity index (χ2v) is 9.17. The number of ether oxygens (including phenoxy) is 1. The van der Waals surface area contributed by atoms with Gasteiger partial charge in [-0.05, 0) is 29.3 Å². The van der Waals surface area contributed by atoms with E-state index in [1.807, 2.05) is 84.9 Å². The molecule has 0 amide bonds. The molecule has 0 aliphatic heterocycles. The highest BCUT2D eigenvalue weighted by atomic mass is 16.5. The Morgan fingerprint density at radius 2 is 1.00 bits per heavy atom. The third-order valence-electron chi connectivity index (χ3n) is 6.17. The van der Waals surface area contributed by atoms with E-state index in [-0.39, 0.29) is 12.6 Å². The van der Waals surface area contributed by atoms with Crippen LogP contribution in [0.2, 0.25) is 0 Å². The minimum absolute atomic E-state index is 0.203. The molecule has 0 aliphatic rings. The molecule has 0 saturated heterocycles. The first-order valence-corrected chi connectivity index (χ1v) is 12.4. The fraction of sp³-hybridized carbons (Fsp3) is 0.219. The van der Waals surface area contributed by atoms with Crippen molar-refractivity contribution in [3.63, 3.8) is 0 Å². The summed E-state index contributed by atoms with van der Waals surface area (Å²) in [4.78, 5) is 18.1. The summed E-state index contributed by atoms with van der Waals surface area (Å²) in [6, 6.07) is 40.4. The number of hydrogen-bond acceptors (Lipinski definition) is 4. The van der Waals surface area contributed by atoms with E-state index in [0.29, 0.717) is 19.6 Å². The van der Waals surface area contributed by atoms with Crippen LogP contribution >= 0.6 is 0 Å². The van der Waals surface area contributed by atoms with Crippen molar-refractivity contribution in [2.45, 2.75) is 32.3 Å². The molecule has 4 aromatic carbocycles. The molecule has 0 saturated carbocycles. The molecule has 0 spiro atoms. The molecule has 0 aromatic heterocycles. The van der Waals surface area contributed by atoms with Gasteiger partial charge in [-0.2, -0.15) is 0 Å². The van der Waals surface area contributed by atoms with Gasteiger partial charge in [0.15, 0.2) is 0 Å². The summed E-state index contributed by atoms with van der Waals surface area (Å²) in [5, 5.41) is 0. The van der Waals surface area contributed by atoms with Crippen LogP contribution in [-0.2, 0) is 35.8 Å². The van der Waals surface area contributed by atoms with Gasteiger partial charge in [0.25, 0.3) is 0 Å². The average Bonchev–Trinajstić information content (AvgIpc) is 2.92. The summed E-state index contributed by atoms with van der Waals surface area (Å²) in [6.45, 7) is 2.89. The zero-order valence-corrected chi connectivity index (χ0v) is 20.9. The fourth-order valence-electron chi connectivity index (χ4n) is 4.33. The van der Waals surface area contributed by atoms with E-state index in [9.17, 15) is 4.79 Å². The Balaban J connectivity index is 1.57. The zero-order chi connectivity index (χ0) is 25.0. The quantitative estimate of drug-likeness (QED) is 0.236. The van der Waals surface area contributed by atoms with Crippen LogP contribution in [0, 0.1) is 0 Å². The molecule has 0 unspecified atom stereocenters. The molecule has 4 nitrogen and oxygen atoms in total. The van der Waals surface area contributed by atoms with Crippen molar-refractivity contribution in [2.75, 3.05) is 13.6 Å². The molecular weight excluding hydrogens is 444 g/mol. The lowest BCUT2D eigenvalue weighted by molar-refractivity contribution is -0.152. The standard InChI is InChI=1S/C32H34N2O2/c1-33(22-27-14-6-2-7-15-27)25-31(32(35)36-26-30-20-12-5-13-21-30)34(23-28-16-8-3-9-17-28)24-29-18-10-4-11-19-29/h2-21,31H,22-26H2,1H3/t31-/m0/s1. The summed E-state index contributed by atoms with van der Waals surface area (Å²) in [5.74, 6) is -0.203. The molecule has 4 rings (SSSR count). The van der Waals surface area contributed by atoms with E-state index < -0.39 is 6.04 Å². The lowest BCUT2D eigenvalue weighted by Crippen LogP contribution is -2.48. The minimum atomic E-state index is -0.428. The summed E-state index contributed by atoms with van der Waals surface area (Å²) in [5.41, 5.74) is 4.54. The number of likely N-dealkylation sites (N-methyl/N-ethyl adjacent to an activating group) is 1. The van der Waals surface area contributed by atoms with Crippen LogP contribution in [0.1, 0.15) is 22.3 Å². The Kier molecular flexibility index (Phi) is 9.43. The van der Waals surface area contributed by atoms with Crippen LogP contribution in [0.15, 0.2) is 121 Å². The zero-order valence-electron chi connectivity index (χ0n) is 20.9. The maximum absolute atomic E-state index is 13.6. The minimum Gasteiger partial charge on any atom is -0.460 e. The number of hydrogen-bond donors (Lipinski definition) is 0.